The molecule has 5 rings (SSSR count). The Labute approximate surface area is 138 Å². The number of pyridine rings is 1. The van der Waals surface area contributed by atoms with Crippen molar-refractivity contribution in [2.75, 3.05) is 24.5 Å². The normalized spacial score (nSPS) is 24.3. The summed E-state index contributed by atoms with van der Waals surface area (Å²) in [4.78, 5) is 14.8. The molecule has 2 saturated heterocycles. The lowest BCUT2D eigenvalue weighted by Crippen LogP contribution is -2.42. The van der Waals surface area contributed by atoms with Crippen molar-refractivity contribution in [3.05, 3.63) is 30.0 Å². The molecule has 0 unspecified atom stereocenters. The summed E-state index contributed by atoms with van der Waals surface area (Å²) in [7, 11) is 0. The van der Waals surface area contributed by atoms with E-state index in [-0.39, 0.29) is 0 Å². The summed E-state index contributed by atoms with van der Waals surface area (Å²) in [5.74, 6) is 0. The van der Waals surface area contributed by atoms with Gasteiger partial charge in [0, 0.05) is 48.2 Å². The average Bonchev–Trinajstić information content (AvgIpc) is 3.36. The number of rotatable bonds is 2. The number of anilines is 1. The quantitative estimate of drug-likeness (QED) is 0.760. The molecule has 23 heavy (non-hydrogen) atoms. The van der Waals surface area contributed by atoms with Gasteiger partial charge in [-0.2, -0.15) is 0 Å². The van der Waals surface area contributed by atoms with Gasteiger partial charge in [0.2, 0.25) is 0 Å². The molecule has 118 valence electrons. The summed E-state index contributed by atoms with van der Waals surface area (Å²) in [6, 6.07) is 2.15. The van der Waals surface area contributed by atoms with Gasteiger partial charge in [0.25, 0.3) is 0 Å². The van der Waals surface area contributed by atoms with Crippen LogP contribution in [0.2, 0.25) is 0 Å². The van der Waals surface area contributed by atoms with Crippen molar-refractivity contribution in [3.63, 3.8) is 0 Å². The second-order valence-electron chi connectivity index (χ2n) is 6.58. The van der Waals surface area contributed by atoms with E-state index in [0.29, 0.717) is 5.54 Å². The van der Waals surface area contributed by atoms with Crippen LogP contribution in [0, 0.1) is 0 Å². The van der Waals surface area contributed by atoms with E-state index in [1.165, 1.54) is 35.9 Å². The van der Waals surface area contributed by atoms with Crippen LogP contribution < -0.4 is 10.2 Å². The molecule has 0 aliphatic carbocycles. The van der Waals surface area contributed by atoms with Gasteiger partial charge in [-0.3, -0.25) is 0 Å². The highest BCUT2D eigenvalue weighted by atomic mass is 32.1. The Bertz CT molecular complexity index is 832. The van der Waals surface area contributed by atoms with Crippen LogP contribution in [0.1, 0.15) is 19.3 Å². The molecule has 3 aromatic heterocycles. The van der Waals surface area contributed by atoms with Gasteiger partial charge >= 0.3 is 0 Å². The second kappa shape index (κ2) is 5.04. The minimum Gasteiger partial charge on any atom is -0.369 e. The van der Waals surface area contributed by atoms with Crippen LogP contribution in [-0.2, 0) is 0 Å². The number of nitrogens with zero attached hydrogens (tertiary/aromatic N) is 3. The van der Waals surface area contributed by atoms with Crippen LogP contribution in [-0.4, -0.2) is 40.1 Å². The maximum absolute atomic E-state index is 4.51. The Morgan fingerprint density at radius 1 is 1.22 bits per heavy atom. The van der Waals surface area contributed by atoms with E-state index in [1.54, 1.807) is 11.3 Å². The fraction of sp³-hybridized carbons (Fsp3) is 0.412. The maximum Gasteiger partial charge on any atom is 0.140 e. The largest absolute Gasteiger partial charge is 0.369 e. The average molecular weight is 325 g/mol. The van der Waals surface area contributed by atoms with Crippen molar-refractivity contribution >= 4 is 28.1 Å². The first kappa shape index (κ1) is 13.5. The first-order valence-electron chi connectivity index (χ1n) is 8.21. The molecule has 2 aliphatic heterocycles. The molecule has 1 atom stereocenters. The van der Waals surface area contributed by atoms with E-state index >= 15 is 0 Å². The number of aromatic amines is 1. The smallest absolute Gasteiger partial charge is 0.140 e. The van der Waals surface area contributed by atoms with Gasteiger partial charge in [0.05, 0.1) is 11.1 Å². The van der Waals surface area contributed by atoms with E-state index in [9.17, 15) is 0 Å². The van der Waals surface area contributed by atoms with E-state index in [1.807, 2.05) is 24.0 Å². The predicted octanol–water partition coefficient (Wildman–Crippen LogP) is 3.02. The minimum atomic E-state index is 0.327. The van der Waals surface area contributed by atoms with Crippen molar-refractivity contribution < 1.29 is 0 Å². The van der Waals surface area contributed by atoms with Crippen LogP contribution >= 0.6 is 11.3 Å². The van der Waals surface area contributed by atoms with Gasteiger partial charge in [0.1, 0.15) is 10.7 Å². The van der Waals surface area contributed by atoms with Crippen molar-refractivity contribution in [1.29, 1.82) is 0 Å². The second-order valence-corrected chi connectivity index (χ2v) is 7.47. The molecule has 0 bridgehead atoms. The summed E-state index contributed by atoms with van der Waals surface area (Å²) < 4.78 is 0. The van der Waals surface area contributed by atoms with Crippen LogP contribution in [0.3, 0.4) is 0 Å². The summed E-state index contributed by atoms with van der Waals surface area (Å²) in [6.07, 6.45) is 9.64. The lowest BCUT2D eigenvalue weighted by Gasteiger charge is -2.25. The molecule has 0 amide bonds. The Balaban J connectivity index is 1.60. The predicted molar refractivity (Wildman–Crippen MR) is 94.0 cm³/mol. The van der Waals surface area contributed by atoms with Crippen LogP contribution in [0.5, 0.6) is 0 Å². The lowest BCUT2D eigenvalue weighted by molar-refractivity contribution is 0.419. The van der Waals surface area contributed by atoms with Crippen LogP contribution in [0.15, 0.2) is 30.0 Å². The van der Waals surface area contributed by atoms with Gasteiger partial charge in [-0.15, -0.1) is 11.3 Å². The third-order valence-electron chi connectivity index (χ3n) is 5.24. The van der Waals surface area contributed by atoms with Crippen molar-refractivity contribution in [2.45, 2.75) is 24.8 Å². The van der Waals surface area contributed by atoms with Crippen LogP contribution in [0.25, 0.3) is 21.6 Å². The first-order valence-corrected chi connectivity index (χ1v) is 9.09. The number of nitrogens with one attached hydrogen (secondary N) is 2. The van der Waals surface area contributed by atoms with Gasteiger partial charge in [-0.05, 0) is 31.9 Å². The van der Waals surface area contributed by atoms with E-state index in [4.69, 9.17) is 0 Å². The zero-order valence-electron chi connectivity index (χ0n) is 12.9. The molecule has 6 heteroatoms. The molecule has 0 aromatic carbocycles. The van der Waals surface area contributed by atoms with Crippen LogP contribution in [0.4, 0.5) is 5.69 Å². The fourth-order valence-electron chi connectivity index (χ4n) is 4.12. The number of hydrogen-bond acceptors (Lipinski definition) is 5. The monoisotopic (exact) mass is 325 g/mol. The van der Waals surface area contributed by atoms with Gasteiger partial charge < -0.3 is 15.2 Å². The molecular weight excluding hydrogens is 306 g/mol. The Hall–Kier alpha value is -1.92. The highest BCUT2D eigenvalue weighted by Crippen LogP contribution is 2.39. The molecule has 5 heterocycles. The van der Waals surface area contributed by atoms with Gasteiger partial charge in [-0.25, -0.2) is 9.97 Å². The number of H-pyrrole nitrogens is 1. The number of fused-ring (bicyclic) bond motifs is 1. The molecule has 2 N–H and O–H groups in total. The molecule has 2 aliphatic rings. The molecular formula is C17H19N5S. The topological polar surface area (TPSA) is 56.8 Å². The van der Waals surface area contributed by atoms with E-state index < -0.39 is 0 Å². The number of thiazole rings is 1. The standard InChI is InChI=1S/C17H19N5S/c1-3-17(21-5-1)4-8-22(11-17)13-2-6-18-15-14(13)12(10-20-15)16-19-7-9-23-16/h2,6-7,9-10,21H,1,3-5,8,11H2,(H,18,20)/t17-/m0/s1. The molecule has 3 aromatic rings. The zero-order chi connectivity index (χ0) is 15.3. The number of hydrogen-bond donors (Lipinski definition) is 2. The summed E-state index contributed by atoms with van der Waals surface area (Å²) in [5, 5.41) is 8.03. The highest BCUT2D eigenvalue weighted by molar-refractivity contribution is 7.13. The Kier molecular flexibility index (Phi) is 2.96. The summed E-state index contributed by atoms with van der Waals surface area (Å²) >= 11 is 1.68. The summed E-state index contributed by atoms with van der Waals surface area (Å²) in [6.45, 7) is 3.36. The summed E-state index contributed by atoms with van der Waals surface area (Å²) in [5.41, 5.74) is 3.73. The first-order chi connectivity index (χ1) is 11.3. The lowest BCUT2D eigenvalue weighted by atomic mass is 9.97. The van der Waals surface area contributed by atoms with Crippen molar-refractivity contribution in [1.82, 2.24) is 20.3 Å². The third kappa shape index (κ3) is 2.09. The Morgan fingerprint density at radius 3 is 3.04 bits per heavy atom. The number of aromatic nitrogens is 3. The zero-order valence-corrected chi connectivity index (χ0v) is 13.7. The van der Waals surface area contributed by atoms with E-state index in [0.717, 1.165) is 30.3 Å². The minimum absolute atomic E-state index is 0.327. The molecule has 0 saturated carbocycles. The third-order valence-corrected chi connectivity index (χ3v) is 6.05. The molecule has 2 fully saturated rings. The van der Waals surface area contributed by atoms with E-state index in [2.05, 4.69) is 31.2 Å². The molecule has 5 nitrogen and oxygen atoms in total. The Morgan fingerprint density at radius 2 is 2.22 bits per heavy atom. The van der Waals surface area contributed by atoms with Gasteiger partial charge in [0.15, 0.2) is 0 Å². The highest BCUT2D eigenvalue weighted by Gasteiger charge is 2.40. The molecule has 0 radical (unpaired) electrons. The SMILES string of the molecule is c1csc(-c2c[nH]c3nccc(N4CC[C@@]5(CCCN5)C4)c23)n1. The van der Waals surface area contributed by atoms with Crippen molar-refractivity contribution in [3.8, 4) is 10.6 Å². The molecule has 1 spiro atoms. The fourth-order valence-corrected chi connectivity index (χ4v) is 4.78. The van der Waals surface area contributed by atoms with Gasteiger partial charge in [-0.1, -0.05) is 0 Å². The van der Waals surface area contributed by atoms with Crippen molar-refractivity contribution in [2.24, 2.45) is 0 Å². The maximum atomic E-state index is 4.51.